The number of nitrogens with one attached hydrogen (secondary N) is 1. The summed E-state index contributed by atoms with van der Waals surface area (Å²) in [5, 5.41) is 4.79. The minimum atomic E-state index is -0.314. The summed E-state index contributed by atoms with van der Waals surface area (Å²) in [5.74, 6) is -0.139. The number of H-pyrrole nitrogens is 1. The minimum Gasteiger partial charge on any atom is -0.331 e. The van der Waals surface area contributed by atoms with Crippen LogP contribution in [-0.2, 0) is 6.54 Å². The van der Waals surface area contributed by atoms with Crippen molar-refractivity contribution in [2.75, 3.05) is 0 Å². The number of para-hydroxylation sites is 1. The van der Waals surface area contributed by atoms with Crippen LogP contribution in [0, 0.1) is 10.6 Å². The van der Waals surface area contributed by atoms with Crippen molar-refractivity contribution < 1.29 is 4.39 Å². The van der Waals surface area contributed by atoms with Gasteiger partial charge in [-0.3, -0.25) is 4.79 Å². The monoisotopic (exact) mass is 353 g/mol. The van der Waals surface area contributed by atoms with E-state index in [0.29, 0.717) is 17.4 Å². The summed E-state index contributed by atoms with van der Waals surface area (Å²) in [4.78, 5) is 19.9. The number of aromatic amines is 1. The molecule has 0 bridgehead atoms. The number of hydrogen-bond donors (Lipinski definition) is 1. The Bertz CT molecular complexity index is 1190. The summed E-state index contributed by atoms with van der Waals surface area (Å²) in [6.45, 7) is 0.337. The molecule has 0 fully saturated rings. The summed E-state index contributed by atoms with van der Waals surface area (Å²) in [7, 11) is 0. The molecule has 8 heteroatoms. The van der Waals surface area contributed by atoms with E-state index in [1.807, 2.05) is 6.07 Å². The van der Waals surface area contributed by atoms with Gasteiger partial charge in [0.15, 0.2) is 4.77 Å². The number of hydrogen-bond acceptors (Lipinski definition) is 4. The molecule has 0 aliphatic heterocycles. The van der Waals surface area contributed by atoms with E-state index in [9.17, 15) is 9.18 Å². The SMILES string of the molecule is O=c1c2ccccc2[nH]c(=S)n1-c1ncn(Cc2cccc(F)c2)n1. The molecule has 0 radical (unpaired) electrons. The van der Waals surface area contributed by atoms with E-state index in [2.05, 4.69) is 15.1 Å². The van der Waals surface area contributed by atoms with Crippen molar-refractivity contribution in [2.24, 2.45) is 0 Å². The van der Waals surface area contributed by atoms with Crippen LogP contribution in [0.25, 0.3) is 16.9 Å². The third kappa shape index (κ3) is 2.87. The second kappa shape index (κ2) is 6.06. The first-order valence-electron chi connectivity index (χ1n) is 7.50. The molecule has 0 unspecified atom stereocenters. The first-order valence-corrected chi connectivity index (χ1v) is 7.91. The van der Waals surface area contributed by atoms with Crippen molar-refractivity contribution in [1.29, 1.82) is 0 Å². The topological polar surface area (TPSA) is 68.5 Å². The highest BCUT2D eigenvalue weighted by Gasteiger charge is 2.11. The second-order valence-corrected chi connectivity index (χ2v) is 5.88. The highest BCUT2D eigenvalue weighted by Crippen LogP contribution is 2.09. The Balaban J connectivity index is 1.77. The molecule has 0 aliphatic rings. The number of fused-ring (bicyclic) bond motifs is 1. The number of nitrogens with zero attached hydrogens (tertiary/aromatic N) is 4. The lowest BCUT2D eigenvalue weighted by atomic mass is 10.2. The van der Waals surface area contributed by atoms with Crippen molar-refractivity contribution in [1.82, 2.24) is 24.3 Å². The van der Waals surface area contributed by atoms with E-state index in [-0.39, 0.29) is 22.1 Å². The molecule has 0 saturated carbocycles. The fraction of sp³-hybridized carbons (Fsp3) is 0.0588. The van der Waals surface area contributed by atoms with Crippen LogP contribution in [0.3, 0.4) is 0 Å². The molecular formula is C17H12FN5OS. The molecule has 0 amide bonds. The maximum atomic E-state index is 13.3. The molecule has 4 rings (SSSR count). The molecule has 0 spiro atoms. The van der Waals surface area contributed by atoms with Gasteiger partial charge >= 0.3 is 0 Å². The predicted octanol–water partition coefficient (Wildman–Crippen LogP) is 2.83. The molecule has 0 atom stereocenters. The van der Waals surface area contributed by atoms with Crippen LogP contribution < -0.4 is 5.56 Å². The van der Waals surface area contributed by atoms with Crippen LogP contribution in [-0.4, -0.2) is 24.3 Å². The second-order valence-electron chi connectivity index (χ2n) is 5.49. The van der Waals surface area contributed by atoms with Crippen molar-refractivity contribution in [3.63, 3.8) is 0 Å². The van der Waals surface area contributed by atoms with Gasteiger partial charge < -0.3 is 4.98 Å². The number of halogens is 1. The van der Waals surface area contributed by atoms with Crippen LogP contribution in [0.4, 0.5) is 4.39 Å². The first kappa shape index (κ1) is 15.4. The van der Waals surface area contributed by atoms with Gasteiger partial charge in [0.05, 0.1) is 17.4 Å². The Kier molecular flexibility index (Phi) is 3.73. The van der Waals surface area contributed by atoms with E-state index in [1.54, 1.807) is 30.3 Å². The van der Waals surface area contributed by atoms with Gasteiger partial charge in [0.2, 0.25) is 0 Å². The van der Waals surface area contributed by atoms with Crippen molar-refractivity contribution in [2.45, 2.75) is 6.54 Å². The summed E-state index contributed by atoms with van der Waals surface area (Å²) in [6.07, 6.45) is 1.48. The summed E-state index contributed by atoms with van der Waals surface area (Å²) in [5.41, 5.74) is 1.11. The van der Waals surface area contributed by atoms with E-state index < -0.39 is 0 Å². The van der Waals surface area contributed by atoms with Crippen LogP contribution >= 0.6 is 12.2 Å². The number of benzene rings is 2. The van der Waals surface area contributed by atoms with Gasteiger partial charge in [-0.2, -0.15) is 4.98 Å². The van der Waals surface area contributed by atoms with Gasteiger partial charge in [-0.05, 0) is 42.0 Å². The predicted molar refractivity (Wildman–Crippen MR) is 93.8 cm³/mol. The highest BCUT2D eigenvalue weighted by atomic mass is 32.1. The van der Waals surface area contributed by atoms with Crippen LogP contribution in [0.1, 0.15) is 5.56 Å². The average molecular weight is 353 g/mol. The first-order chi connectivity index (χ1) is 12.1. The molecule has 6 nitrogen and oxygen atoms in total. The van der Waals surface area contributed by atoms with E-state index in [0.717, 1.165) is 5.56 Å². The fourth-order valence-corrected chi connectivity index (χ4v) is 2.90. The van der Waals surface area contributed by atoms with Crippen molar-refractivity contribution in [3.8, 4) is 5.95 Å². The van der Waals surface area contributed by atoms with Crippen LogP contribution in [0.15, 0.2) is 59.7 Å². The van der Waals surface area contributed by atoms with Gasteiger partial charge in [0.25, 0.3) is 11.5 Å². The maximum absolute atomic E-state index is 13.3. The van der Waals surface area contributed by atoms with Gasteiger partial charge in [0, 0.05) is 0 Å². The summed E-state index contributed by atoms with van der Waals surface area (Å²) >= 11 is 5.27. The zero-order valence-electron chi connectivity index (χ0n) is 12.9. The molecule has 2 aromatic heterocycles. The Morgan fingerprint density at radius 3 is 2.84 bits per heavy atom. The molecule has 0 saturated heterocycles. The summed E-state index contributed by atoms with van der Waals surface area (Å²) < 4.78 is 16.3. The molecule has 2 heterocycles. The normalized spacial score (nSPS) is 11.1. The van der Waals surface area contributed by atoms with Crippen LogP contribution in [0.2, 0.25) is 0 Å². The highest BCUT2D eigenvalue weighted by molar-refractivity contribution is 7.71. The quantitative estimate of drug-likeness (QED) is 0.575. The Labute approximate surface area is 146 Å². The maximum Gasteiger partial charge on any atom is 0.269 e. The Morgan fingerprint density at radius 2 is 2.00 bits per heavy atom. The van der Waals surface area contributed by atoms with E-state index in [1.165, 1.54) is 27.7 Å². The lowest BCUT2D eigenvalue weighted by Gasteiger charge is -2.04. The van der Waals surface area contributed by atoms with Crippen LogP contribution in [0.5, 0.6) is 0 Å². The standard InChI is InChI=1S/C17H12FN5OS/c18-12-5-3-4-11(8-12)9-22-10-19-16(21-22)23-15(24)13-6-1-2-7-14(13)20-17(23)25/h1-8,10H,9H2,(H,20,25). The number of rotatable bonds is 3. The fourth-order valence-electron chi connectivity index (χ4n) is 2.63. The molecule has 0 aliphatic carbocycles. The molecule has 1 N–H and O–H groups in total. The van der Waals surface area contributed by atoms with E-state index >= 15 is 0 Å². The third-order valence-corrected chi connectivity index (χ3v) is 4.05. The lowest BCUT2D eigenvalue weighted by Crippen LogP contribution is -2.21. The van der Waals surface area contributed by atoms with Gasteiger partial charge in [-0.15, -0.1) is 5.10 Å². The Morgan fingerprint density at radius 1 is 1.16 bits per heavy atom. The Hall–Kier alpha value is -3.13. The zero-order valence-corrected chi connectivity index (χ0v) is 13.7. The van der Waals surface area contributed by atoms with Gasteiger partial charge in [-0.25, -0.2) is 13.6 Å². The van der Waals surface area contributed by atoms with Gasteiger partial charge in [0.1, 0.15) is 12.1 Å². The van der Waals surface area contributed by atoms with E-state index in [4.69, 9.17) is 12.2 Å². The van der Waals surface area contributed by atoms with Crippen molar-refractivity contribution >= 4 is 23.1 Å². The van der Waals surface area contributed by atoms with Crippen molar-refractivity contribution in [3.05, 3.63) is 81.4 Å². The lowest BCUT2D eigenvalue weighted by molar-refractivity contribution is 0.618. The summed E-state index contributed by atoms with van der Waals surface area (Å²) in [6, 6.07) is 13.3. The molecular weight excluding hydrogens is 341 g/mol. The molecule has 124 valence electrons. The minimum absolute atomic E-state index is 0.174. The average Bonchev–Trinajstić information content (AvgIpc) is 3.03. The smallest absolute Gasteiger partial charge is 0.269 e. The molecule has 25 heavy (non-hydrogen) atoms. The molecule has 2 aromatic carbocycles. The third-order valence-electron chi connectivity index (χ3n) is 3.76. The van der Waals surface area contributed by atoms with Gasteiger partial charge in [-0.1, -0.05) is 24.3 Å². The largest absolute Gasteiger partial charge is 0.331 e. The molecule has 4 aromatic rings. The number of aromatic nitrogens is 5. The zero-order chi connectivity index (χ0) is 17.4.